The van der Waals surface area contributed by atoms with Crippen molar-refractivity contribution in [1.82, 2.24) is 0 Å². The molecule has 0 aromatic heterocycles. The van der Waals surface area contributed by atoms with E-state index in [1.54, 1.807) is 12.1 Å². The van der Waals surface area contributed by atoms with Gasteiger partial charge in [0.05, 0.1) is 6.04 Å². The van der Waals surface area contributed by atoms with Crippen LogP contribution in [-0.2, 0) is 4.79 Å². The van der Waals surface area contributed by atoms with Crippen LogP contribution in [0, 0.1) is 0 Å². The number of benzene rings is 3. The highest BCUT2D eigenvalue weighted by atomic mass is 16.3. The van der Waals surface area contributed by atoms with Gasteiger partial charge in [-0.1, -0.05) is 42.5 Å². The predicted molar refractivity (Wildman–Crippen MR) is 104 cm³/mol. The highest BCUT2D eigenvalue weighted by molar-refractivity contribution is 6.27. The monoisotopic (exact) mass is 341 g/mol. The molecule has 0 amide bonds. The molecule has 0 fully saturated rings. The van der Waals surface area contributed by atoms with Crippen molar-refractivity contribution in [3.63, 3.8) is 0 Å². The van der Waals surface area contributed by atoms with Gasteiger partial charge in [0.1, 0.15) is 5.75 Å². The summed E-state index contributed by atoms with van der Waals surface area (Å²) in [6.07, 6.45) is 2.43. The molecule has 3 aromatic rings. The fourth-order valence-electron chi connectivity index (χ4n) is 4.31. The zero-order chi connectivity index (χ0) is 17.7. The molecule has 3 heteroatoms. The fourth-order valence-corrected chi connectivity index (χ4v) is 4.31. The van der Waals surface area contributed by atoms with Gasteiger partial charge in [0.2, 0.25) is 0 Å². The minimum absolute atomic E-state index is 0.0245. The lowest BCUT2D eigenvalue weighted by molar-refractivity contribution is -0.114. The zero-order valence-corrected chi connectivity index (χ0v) is 14.3. The predicted octanol–water partition coefficient (Wildman–Crippen LogP) is 5.22. The first-order chi connectivity index (χ1) is 12.7. The summed E-state index contributed by atoms with van der Waals surface area (Å²) in [5.41, 5.74) is 5.22. The topological polar surface area (TPSA) is 49.3 Å². The third-order valence-corrected chi connectivity index (χ3v) is 5.50. The normalized spacial score (nSPS) is 19.1. The molecule has 3 nitrogen and oxygen atoms in total. The van der Waals surface area contributed by atoms with E-state index in [4.69, 9.17) is 0 Å². The van der Waals surface area contributed by atoms with Crippen molar-refractivity contribution in [3.05, 3.63) is 77.4 Å². The van der Waals surface area contributed by atoms with Gasteiger partial charge >= 0.3 is 0 Å². The Hall–Kier alpha value is -3.07. The Bertz CT molecular complexity index is 1060. The van der Waals surface area contributed by atoms with Crippen LogP contribution in [0.5, 0.6) is 5.75 Å². The number of nitrogens with one attached hydrogen (secondary N) is 1. The van der Waals surface area contributed by atoms with E-state index in [0.29, 0.717) is 6.42 Å². The summed E-state index contributed by atoms with van der Waals surface area (Å²) in [5, 5.41) is 15.6. The minimum atomic E-state index is -0.0245. The Morgan fingerprint density at radius 3 is 2.58 bits per heavy atom. The number of aromatic hydroxyl groups is 1. The van der Waals surface area contributed by atoms with Gasteiger partial charge in [-0.15, -0.1) is 0 Å². The highest BCUT2D eigenvalue weighted by Gasteiger charge is 2.34. The summed E-state index contributed by atoms with van der Waals surface area (Å²) in [4.78, 5) is 12.9. The van der Waals surface area contributed by atoms with E-state index < -0.39 is 0 Å². The summed E-state index contributed by atoms with van der Waals surface area (Å²) in [6.45, 7) is 0. The number of fused-ring (bicyclic) bond motifs is 4. The van der Waals surface area contributed by atoms with Crippen LogP contribution in [0.25, 0.3) is 16.3 Å². The molecule has 1 unspecified atom stereocenters. The molecule has 0 spiro atoms. The van der Waals surface area contributed by atoms with Gasteiger partial charge in [0.15, 0.2) is 5.78 Å². The highest BCUT2D eigenvalue weighted by Crippen LogP contribution is 2.47. The molecule has 0 saturated heterocycles. The molecule has 2 N–H and O–H groups in total. The molecular formula is C23H19NO2. The molecule has 1 heterocycles. The van der Waals surface area contributed by atoms with Gasteiger partial charge in [0.25, 0.3) is 0 Å². The van der Waals surface area contributed by atoms with Crippen molar-refractivity contribution in [2.45, 2.75) is 25.3 Å². The van der Waals surface area contributed by atoms with E-state index in [0.717, 1.165) is 46.0 Å². The van der Waals surface area contributed by atoms with Crippen molar-refractivity contribution >= 4 is 27.8 Å². The van der Waals surface area contributed by atoms with E-state index >= 15 is 0 Å². The van der Waals surface area contributed by atoms with Gasteiger partial charge in [-0.05, 0) is 52.9 Å². The summed E-state index contributed by atoms with van der Waals surface area (Å²) in [5.74, 6) is 0.499. The number of rotatable bonds is 1. The van der Waals surface area contributed by atoms with E-state index in [1.807, 2.05) is 24.3 Å². The molecule has 3 aromatic carbocycles. The van der Waals surface area contributed by atoms with Gasteiger partial charge in [-0.3, -0.25) is 4.79 Å². The number of anilines is 1. The number of carbonyl (C=O) groups is 1. The van der Waals surface area contributed by atoms with E-state index in [-0.39, 0.29) is 17.6 Å². The zero-order valence-electron chi connectivity index (χ0n) is 14.3. The van der Waals surface area contributed by atoms with Crippen LogP contribution in [0.15, 0.2) is 66.2 Å². The molecule has 5 rings (SSSR count). The number of hydrogen-bond acceptors (Lipinski definition) is 3. The summed E-state index contributed by atoms with van der Waals surface area (Å²) in [7, 11) is 0. The summed E-state index contributed by atoms with van der Waals surface area (Å²) in [6, 6.07) is 19.7. The van der Waals surface area contributed by atoms with Gasteiger partial charge < -0.3 is 10.4 Å². The van der Waals surface area contributed by atoms with Crippen molar-refractivity contribution < 1.29 is 9.90 Å². The second-order valence-electron chi connectivity index (χ2n) is 7.06. The van der Waals surface area contributed by atoms with E-state index in [2.05, 4.69) is 29.6 Å². The van der Waals surface area contributed by atoms with E-state index in [9.17, 15) is 9.90 Å². The molecule has 0 bridgehead atoms. The maximum atomic E-state index is 12.9. The molecular weight excluding hydrogens is 322 g/mol. The smallest absolute Gasteiger partial charge is 0.163 e. The second-order valence-corrected chi connectivity index (χ2v) is 7.06. The first-order valence-electron chi connectivity index (χ1n) is 9.06. The molecule has 1 aliphatic carbocycles. The van der Waals surface area contributed by atoms with Gasteiger partial charge in [-0.25, -0.2) is 0 Å². The summed E-state index contributed by atoms with van der Waals surface area (Å²) >= 11 is 0. The largest absolute Gasteiger partial charge is 0.508 e. The van der Waals surface area contributed by atoms with Crippen LogP contribution in [0.3, 0.4) is 0 Å². The average molecular weight is 341 g/mol. The Kier molecular flexibility index (Phi) is 3.35. The first kappa shape index (κ1) is 15.2. The van der Waals surface area contributed by atoms with Crippen LogP contribution >= 0.6 is 0 Å². The molecule has 0 saturated carbocycles. The third-order valence-electron chi connectivity index (χ3n) is 5.50. The number of phenolic OH excluding ortho intramolecular Hbond substituents is 1. The number of ketones is 1. The molecule has 0 radical (unpaired) electrons. The SMILES string of the molecule is O=C1CCCC2=C1c1c(ccc3ccccc13)NC2c1ccc(O)cc1. The quantitative estimate of drug-likeness (QED) is 0.638. The third kappa shape index (κ3) is 2.24. The Morgan fingerprint density at radius 1 is 0.923 bits per heavy atom. The van der Waals surface area contributed by atoms with Gasteiger partial charge in [0, 0.05) is 23.2 Å². The maximum absolute atomic E-state index is 12.9. The molecule has 128 valence electrons. The number of Topliss-reactive ketones (excluding diaryl/α,β-unsaturated/α-hetero) is 1. The lowest BCUT2D eigenvalue weighted by Crippen LogP contribution is -2.25. The lowest BCUT2D eigenvalue weighted by atomic mass is 9.77. The number of carbonyl (C=O) groups excluding carboxylic acids is 1. The van der Waals surface area contributed by atoms with Crippen molar-refractivity contribution in [2.75, 3.05) is 5.32 Å². The first-order valence-corrected chi connectivity index (χ1v) is 9.06. The number of phenols is 1. The summed E-state index contributed by atoms with van der Waals surface area (Å²) < 4.78 is 0. The molecule has 2 aliphatic rings. The minimum Gasteiger partial charge on any atom is -0.508 e. The Morgan fingerprint density at radius 2 is 1.73 bits per heavy atom. The van der Waals surface area contributed by atoms with E-state index in [1.165, 1.54) is 5.57 Å². The fraction of sp³-hybridized carbons (Fsp3) is 0.174. The van der Waals surface area contributed by atoms with Crippen LogP contribution in [-0.4, -0.2) is 10.9 Å². The Labute approximate surface area is 152 Å². The lowest BCUT2D eigenvalue weighted by Gasteiger charge is -2.35. The molecule has 1 atom stereocenters. The van der Waals surface area contributed by atoms with Crippen molar-refractivity contribution in [2.24, 2.45) is 0 Å². The number of hydrogen-bond donors (Lipinski definition) is 2. The van der Waals surface area contributed by atoms with Crippen molar-refractivity contribution in [1.29, 1.82) is 0 Å². The molecule has 1 aliphatic heterocycles. The van der Waals surface area contributed by atoms with Crippen LogP contribution in [0.2, 0.25) is 0 Å². The standard InChI is InChI=1S/C23H19NO2/c25-16-11-8-15(9-12-16)23-18-6-3-7-20(26)22(18)21-17-5-2-1-4-14(17)10-13-19(21)24-23/h1-2,4-5,8-13,23-25H,3,6-7H2. The Balaban J connectivity index is 1.78. The van der Waals surface area contributed by atoms with Crippen LogP contribution in [0.4, 0.5) is 5.69 Å². The van der Waals surface area contributed by atoms with Crippen molar-refractivity contribution in [3.8, 4) is 5.75 Å². The van der Waals surface area contributed by atoms with Gasteiger partial charge in [-0.2, -0.15) is 0 Å². The maximum Gasteiger partial charge on any atom is 0.163 e. The second kappa shape index (κ2) is 5.73. The van der Waals surface area contributed by atoms with Crippen LogP contribution in [0.1, 0.15) is 36.4 Å². The average Bonchev–Trinajstić information content (AvgIpc) is 2.68. The molecule has 26 heavy (non-hydrogen) atoms. The van der Waals surface area contributed by atoms with Crippen LogP contribution < -0.4 is 5.32 Å². The number of allylic oxidation sites excluding steroid dienone is 1.